The van der Waals surface area contributed by atoms with Crippen molar-refractivity contribution >= 4 is 39.4 Å². The van der Waals surface area contributed by atoms with Gasteiger partial charge in [-0.05, 0) is 30.7 Å². The van der Waals surface area contributed by atoms with Crippen molar-refractivity contribution in [3.63, 3.8) is 0 Å². The van der Waals surface area contributed by atoms with Gasteiger partial charge in [-0.3, -0.25) is 14.3 Å². The van der Waals surface area contributed by atoms with Crippen molar-refractivity contribution in [2.45, 2.75) is 20.1 Å². The Hall–Kier alpha value is -3.25. The maximum absolute atomic E-state index is 12.3. The van der Waals surface area contributed by atoms with E-state index in [1.54, 1.807) is 24.3 Å². The van der Waals surface area contributed by atoms with E-state index >= 15 is 0 Å². The summed E-state index contributed by atoms with van der Waals surface area (Å²) >= 11 is 6.41. The van der Waals surface area contributed by atoms with Gasteiger partial charge in [0.15, 0.2) is 0 Å². The number of pyridine rings is 1. The molecule has 2 aromatic heterocycles. The Morgan fingerprint density at radius 2 is 1.82 bits per heavy atom. The molecule has 0 saturated carbocycles. The van der Waals surface area contributed by atoms with Gasteiger partial charge in [-0.15, -0.1) is 0 Å². The van der Waals surface area contributed by atoms with Gasteiger partial charge in [0.25, 0.3) is 0 Å². The molecule has 0 fully saturated rings. The second kappa shape index (κ2) is 7.40. The first-order chi connectivity index (χ1) is 13.5. The van der Waals surface area contributed by atoms with E-state index in [1.807, 2.05) is 31.2 Å². The summed E-state index contributed by atoms with van der Waals surface area (Å²) in [6, 6.07) is 14.6. The summed E-state index contributed by atoms with van der Waals surface area (Å²) in [5.41, 5.74) is 2.58. The Bertz CT molecular complexity index is 1270. The molecule has 2 heterocycles. The van der Waals surface area contributed by atoms with Gasteiger partial charge in [0.1, 0.15) is 13.2 Å². The summed E-state index contributed by atoms with van der Waals surface area (Å²) in [5.74, 6) is -0.495. The third kappa shape index (κ3) is 3.34. The van der Waals surface area contributed by atoms with E-state index in [9.17, 15) is 9.59 Å². The number of carbonyl (C=O) groups excluding carboxylic acids is 1. The molecule has 0 saturated heterocycles. The van der Waals surface area contributed by atoms with E-state index in [2.05, 4.69) is 10.1 Å². The lowest BCUT2D eigenvalue weighted by molar-refractivity contribution is -0.145. The standard InChI is InChI=1S/C21H16ClN3O3/c1-13-14-6-2-4-8-16(14)24-17(21(13)22)12-28-20(27)11-25-18-9-5-3-7-15(18)19(26)10-23-25/h2-10H,11-12H2,1H3. The molecule has 140 valence electrons. The van der Waals surface area contributed by atoms with Gasteiger partial charge in [-0.1, -0.05) is 41.9 Å². The number of aryl methyl sites for hydroxylation is 1. The van der Waals surface area contributed by atoms with Crippen molar-refractivity contribution < 1.29 is 9.53 Å². The predicted octanol–water partition coefficient (Wildman–Crippen LogP) is 3.65. The fourth-order valence-corrected chi connectivity index (χ4v) is 3.32. The molecule has 0 amide bonds. The summed E-state index contributed by atoms with van der Waals surface area (Å²) in [5, 5.41) is 5.98. The third-order valence-electron chi connectivity index (χ3n) is 4.56. The first kappa shape index (κ1) is 18.1. The average molecular weight is 394 g/mol. The number of para-hydroxylation sites is 2. The number of rotatable bonds is 4. The minimum Gasteiger partial charge on any atom is -0.458 e. The molecular formula is C21H16ClN3O3. The summed E-state index contributed by atoms with van der Waals surface area (Å²) in [4.78, 5) is 28.7. The topological polar surface area (TPSA) is 74.1 Å². The molecule has 2 aromatic carbocycles. The Morgan fingerprint density at radius 1 is 1.11 bits per heavy atom. The van der Waals surface area contributed by atoms with Crippen LogP contribution in [0.25, 0.3) is 21.8 Å². The lowest BCUT2D eigenvalue weighted by Gasteiger charge is -2.12. The molecule has 0 radical (unpaired) electrons. The summed E-state index contributed by atoms with van der Waals surface area (Å²) in [7, 11) is 0. The highest BCUT2D eigenvalue weighted by Gasteiger charge is 2.14. The Morgan fingerprint density at radius 3 is 2.64 bits per heavy atom. The fraction of sp³-hybridized carbons (Fsp3) is 0.143. The van der Waals surface area contributed by atoms with Crippen LogP contribution < -0.4 is 5.43 Å². The average Bonchev–Trinajstić information content (AvgIpc) is 2.72. The van der Waals surface area contributed by atoms with Gasteiger partial charge in [0.05, 0.1) is 27.9 Å². The number of ether oxygens (including phenoxy) is 1. The number of benzene rings is 2. The number of fused-ring (bicyclic) bond motifs is 2. The number of esters is 1. The maximum Gasteiger partial charge on any atom is 0.328 e. The van der Waals surface area contributed by atoms with Crippen LogP contribution in [-0.2, 0) is 22.7 Å². The van der Waals surface area contributed by atoms with E-state index in [0.717, 1.165) is 16.5 Å². The molecule has 7 heteroatoms. The van der Waals surface area contributed by atoms with Crippen LogP contribution >= 0.6 is 11.6 Å². The van der Waals surface area contributed by atoms with E-state index in [1.165, 1.54) is 10.9 Å². The van der Waals surface area contributed by atoms with Gasteiger partial charge in [-0.25, -0.2) is 4.98 Å². The number of carbonyl (C=O) groups is 1. The van der Waals surface area contributed by atoms with E-state index in [0.29, 0.717) is 21.6 Å². The lowest BCUT2D eigenvalue weighted by atomic mass is 10.1. The number of nitrogens with zero attached hydrogens (tertiary/aromatic N) is 3. The zero-order valence-electron chi connectivity index (χ0n) is 15.1. The molecule has 4 aromatic rings. The van der Waals surface area contributed by atoms with Crippen molar-refractivity contribution in [1.82, 2.24) is 14.8 Å². The van der Waals surface area contributed by atoms with Gasteiger partial charge >= 0.3 is 5.97 Å². The van der Waals surface area contributed by atoms with Crippen molar-refractivity contribution in [2.75, 3.05) is 0 Å². The molecule has 0 aliphatic heterocycles. The highest BCUT2D eigenvalue weighted by atomic mass is 35.5. The van der Waals surface area contributed by atoms with E-state index in [-0.39, 0.29) is 18.6 Å². The lowest BCUT2D eigenvalue weighted by Crippen LogP contribution is -2.19. The van der Waals surface area contributed by atoms with Crippen molar-refractivity contribution in [3.05, 3.63) is 81.2 Å². The third-order valence-corrected chi connectivity index (χ3v) is 5.06. The number of halogens is 1. The summed E-state index contributed by atoms with van der Waals surface area (Å²) in [6.45, 7) is 1.75. The van der Waals surface area contributed by atoms with E-state index < -0.39 is 5.97 Å². The van der Waals surface area contributed by atoms with Crippen LogP contribution in [0.2, 0.25) is 5.02 Å². The molecule has 0 unspecified atom stereocenters. The minimum atomic E-state index is -0.495. The second-order valence-corrected chi connectivity index (χ2v) is 6.74. The normalized spacial score (nSPS) is 11.1. The fourth-order valence-electron chi connectivity index (χ4n) is 3.12. The zero-order valence-corrected chi connectivity index (χ0v) is 15.8. The summed E-state index contributed by atoms with van der Waals surface area (Å²) < 4.78 is 6.82. The first-order valence-corrected chi connectivity index (χ1v) is 9.06. The quantitative estimate of drug-likeness (QED) is 0.495. The molecule has 0 spiro atoms. The van der Waals surface area contributed by atoms with Crippen LogP contribution in [-0.4, -0.2) is 20.7 Å². The Balaban J connectivity index is 1.55. The number of hydrogen-bond donors (Lipinski definition) is 0. The second-order valence-electron chi connectivity index (χ2n) is 6.36. The molecule has 0 N–H and O–H groups in total. The van der Waals surface area contributed by atoms with Gasteiger partial charge in [-0.2, -0.15) is 5.10 Å². The van der Waals surface area contributed by atoms with Crippen molar-refractivity contribution in [3.8, 4) is 0 Å². The van der Waals surface area contributed by atoms with Crippen LogP contribution in [0, 0.1) is 6.92 Å². The van der Waals surface area contributed by atoms with Crippen LogP contribution in [0.4, 0.5) is 0 Å². The highest BCUT2D eigenvalue weighted by Crippen LogP contribution is 2.27. The van der Waals surface area contributed by atoms with Crippen LogP contribution in [0.5, 0.6) is 0 Å². The highest BCUT2D eigenvalue weighted by molar-refractivity contribution is 6.32. The SMILES string of the molecule is Cc1c(Cl)c(COC(=O)Cn2ncc(=O)c3ccccc32)nc2ccccc12. The molecule has 0 aliphatic carbocycles. The van der Waals surface area contributed by atoms with Crippen molar-refractivity contribution in [2.24, 2.45) is 0 Å². The molecule has 0 aliphatic rings. The molecule has 0 bridgehead atoms. The largest absolute Gasteiger partial charge is 0.458 e. The molecular weight excluding hydrogens is 378 g/mol. The smallest absolute Gasteiger partial charge is 0.328 e. The van der Waals surface area contributed by atoms with Gasteiger partial charge in [0, 0.05) is 10.8 Å². The molecule has 4 rings (SSSR count). The molecule has 6 nitrogen and oxygen atoms in total. The number of hydrogen-bond acceptors (Lipinski definition) is 5. The Kier molecular flexibility index (Phi) is 4.79. The Labute approximate surface area is 165 Å². The zero-order chi connectivity index (χ0) is 19.7. The van der Waals surface area contributed by atoms with Gasteiger partial charge < -0.3 is 4.74 Å². The van der Waals surface area contributed by atoms with E-state index in [4.69, 9.17) is 16.3 Å². The summed E-state index contributed by atoms with van der Waals surface area (Å²) in [6.07, 6.45) is 1.20. The molecule has 0 atom stereocenters. The first-order valence-electron chi connectivity index (χ1n) is 8.69. The van der Waals surface area contributed by atoms with Crippen LogP contribution in [0.15, 0.2) is 59.5 Å². The van der Waals surface area contributed by atoms with Crippen molar-refractivity contribution in [1.29, 1.82) is 0 Å². The monoisotopic (exact) mass is 393 g/mol. The predicted molar refractivity (Wildman–Crippen MR) is 107 cm³/mol. The van der Waals surface area contributed by atoms with Crippen LogP contribution in [0.3, 0.4) is 0 Å². The van der Waals surface area contributed by atoms with Gasteiger partial charge in [0.2, 0.25) is 5.43 Å². The minimum absolute atomic E-state index is 0.0402. The maximum atomic E-state index is 12.3. The van der Waals surface area contributed by atoms with Crippen LogP contribution in [0.1, 0.15) is 11.3 Å². The number of aromatic nitrogens is 3. The molecule has 28 heavy (non-hydrogen) atoms.